The van der Waals surface area contributed by atoms with Gasteiger partial charge >= 0.3 is 219 Å². The van der Waals surface area contributed by atoms with Crippen molar-refractivity contribution in [1.29, 1.82) is 0 Å². The molecule has 280 valence electrons. The first-order valence-corrected chi connectivity index (χ1v) is 28.7. The molecular weight excluding hydrogens is 1130 g/mol. The smallest absolute Gasteiger partial charge is 0.110 e. The number of H-pyrrole nitrogens is 2. The first-order chi connectivity index (χ1) is 27.8. The summed E-state index contributed by atoms with van der Waals surface area (Å²) in [5, 5.41) is 13.0. The van der Waals surface area contributed by atoms with Gasteiger partial charge in [0.1, 0.15) is 12.5 Å². The minimum Gasteiger partial charge on any atom is -0.470 e. The molecule has 0 unspecified atom stereocenters. The van der Waals surface area contributed by atoms with Gasteiger partial charge in [0.15, 0.2) is 0 Å². The Morgan fingerprint density at radius 1 is 0.411 bits per heavy atom. The summed E-state index contributed by atoms with van der Waals surface area (Å²) in [6.45, 7) is 0. The Morgan fingerprint density at radius 3 is 1.82 bits per heavy atom. The molecule has 0 fully saturated rings. The third-order valence-corrected chi connectivity index (χ3v) is 20.1. The molecule has 2 N–H and O–H groups in total. The van der Waals surface area contributed by atoms with E-state index in [0.717, 1.165) is 15.5 Å². The standard InChI is InChI=1S/C5H4N2S.C5H4N2Se.C5H3NOS.C5H3NOSe.C5H3NS2.C5H3NSSe.C5H3NSe2/c2*1-4-2-7-8-5(4)3-6-1;3*1-4-2-7-3-5(4)8-6-1;1-4-2-8-3-5(4)7-6-1;1-4-2-7-3-5(4)8-6-1/h2*1-3,6H;5*1-3H. The SMILES string of the molecule is c1n[se]c2c[nH]cc12.c1n[se]c2c[se]cc12.c1n[se]c2cocc12.c1nsc2c[nH]cc12.c1nsc2c[se]cc12.c1nsc2cocc12.c1nsc2cscc12. The van der Waals surface area contributed by atoms with Gasteiger partial charge in [0.2, 0.25) is 0 Å². The maximum atomic E-state index is 4.91. The zero-order chi connectivity index (χ0) is 37.8. The van der Waals surface area contributed by atoms with Gasteiger partial charge in [0.25, 0.3) is 0 Å². The molecule has 21 heteroatoms. The molecule has 14 aromatic heterocycles. The quantitative estimate of drug-likeness (QED) is 0.142. The number of furan rings is 2. The van der Waals surface area contributed by atoms with Gasteiger partial charge in [-0.25, -0.2) is 0 Å². The van der Waals surface area contributed by atoms with Crippen LogP contribution in [0.4, 0.5) is 0 Å². The molecule has 11 nitrogen and oxygen atoms in total. The minimum absolute atomic E-state index is 0.308. The van der Waals surface area contributed by atoms with E-state index < -0.39 is 0 Å². The second-order valence-electron chi connectivity index (χ2n) is 10.8. The molecule has 0 aromatic carbocycles. The number of rotatable bonds is 0. The molecule has 14 aromatic rings. The zero-order valence-electron chi connectivity index (χ0n) is 28.2. The average Bonchev–Trinajstić information content (AvgIpc) is 4.02. The maximum Gasteiger partial charge on any atom is 0.110 e. The van der Waals surface area contributed by atoms with E-state index in [-0.39, 0.29) is 0 Å². The fraction of sp³-hybridized carbons (Fsp3) is 0. The van der Waals surface area contributed by atoms with Gasteiger partial charge in [-0.05, 0) is 34.6 Å². The van der Waals surface area contributed by atoms with Crippen molar-refractivity contribution in [3.63, 3.8) is 0 Å². The van der Waals surface area contributed by atoms with Gasteiger partial charge in [-0.3, -0.25) is 0 Å². The predicted octanol–water partition coefficient (Wildman–Crippen LogP) is 9.08. The van der Waals surface area contributed by atoms with Crippen molar-refractivity contribution in [1.82, 2.24) is 39.4 Å². The van der Waals surface area contributed by atoms with Crippen molar-refractivity contribution < 1.29 is 8.83 Å². The normalized spacial score (nSPS) is 10.5. The van der Waals surface area contributed by atoms with Crippen LogP contribution < -0.4 is 0 Å². The number of aromatic nitrogens is 9. The monoisotopic (exact) mass is 1160 g/mol. The summed E-state index contributed by atoms with van der Waals surface area (Å²) in [7, 11) is 0. The van der Waals surface area contributed by atoms with E-state index in [4.69, 9.17) is 8.83 Å². The molecule has 0 saturated heterocycles. The van der Waals surface area contributed by atoms with Crippen LogP contribution in [0, 0.1) is 0 Å². The molecule has 0 aliphatic carbocycles. The molecule has 0 aliphatic rings. The summed E-state index contributed by atoms with van der Waals surface area (Å²) in [5.41, 5.74) is 0. The van der Waals surface area contributed by atoms with Crippen LogP contribution in [0.15, 0.2) is 133 Å². The topological polar surface area (TPSA) is 148 Å². The summed E-state index contributed by atoms with van der Waals surface area (Å²) >= 11 is 10.3. The molecule has 0 radical (unpaired) electrons. The molecule has 0 atom stereocenters. The second-order valence-corrected chi connectivity index (χ2v) is 23.2. The summed E-state index contributed by atoms with van der Waals surface area (Å²) in [6, 6.07) is 0. The zero-order valence-corrected chi connectivity index (χ0v) is 40.8. The molecule has 14 heterocycles. The molecule has 14 rings (SSSR count). The summed E-state index contributed by atoms with van der Waals surface area (Å²) in [4.78, 5) is 15.2. The van der Waals surface area contributed by atoms with E-state index in [2.05, 4.69) is 69.9 Å². The molecule has 0 spiro atoms. The molecule has 56 heavy (non-hydrogen) atoms. The van der Waals surface area contributed by atoms with E-state index in [1.165, 1.54) is 76.9 Å². The van der Waals surface area contributed by atoms with Crippen molar-refractivity contribution >= 4 is 200 Å². The molecule has 0 amide bonds. The van der Waals surface area contributed by atoms with E-state index >= 15 is 0 Å². The average molecular weight is 1160 g/mol. The van der Waals surface area contributed by atoms with Crippen molar-refractivity contribution in [2.75, 3.05) is 0 Å². The van der Waals surface area contributed by atoms with Crippen LogP contribution in [0.3, 0.4) is 0 Å². The number of fused-ring (bicyclic) bond motifs is 7. The fourth-order valence-corrected chi connectivity index (χ4v) is 16.3. The number of thiophene rings is 1. The van der Waals surface area contributed by atoms with E-state index in [0.29, 0.717) is 73.2 Å². The van der Waals surface area contributed by atoms with Gasteiger partial charge in [-0.1, -0.05) is 0 Å². The molecule has 0 aliphatic heterocycles. The van der Waals surface area contributed by atoms with Gasteiger partial charge < -0.3 is 9.40 Å². The van der Waals surface area contributed by atoms with Gasteiger partial charge in [-0.15, -0.1) is 0 Å². The number of aromatic amines is 2. The van der Waals surface area contributed by atoms with Crippen LogP contribution >= 0.6 is 57.5 Å². The molecule has 0 bridgehead atoms. The summed E-state index contributed by atoms with van der Waals surface area (Å²) in [6.07, 6.45) is 28.1. The van der Waals surface area contributed by atoms with Crippen molar-refractivity contribution in [3.05, 3.63) is 124 Å². The number of nitrogens with one attached hydrogen (secondary N) is 2. The Bertz CT molecular complexity index is 2240. The van der Waals surface area contributed by atoms with Crippen LogP contribution in [0.5, 0.6) is 0 Å². The Labute approximate surface area is 367 Å². The third kappa shape index (κ3) is 10.7. The summed E-state index contributed by atoms with van der Waals surface area (Å²) < 4.78 is 47.3. The predicted molar refractivity (Wildman–Crippen MR) is 240 cm³/mol. The first-order valence-electron chi connectivity index (χ1n) is 15.8. The largest absolute Gasteiger partial charge is 0.470 e. The van der Waals surface area contributed by atoms with Crippen molar-refractivity contribution in [2.45, 2.75) is 0 Å². The Morgan fingerprint density at radius 2 is 1.04 bits per heavy atom. The van der Waals surface area contributed by atoms with E-state index in [1.807, 2.05) is 62.0 Å². The Hall–Kier alpha value is -3.05. The molecular formula is C35H23N9O2S5Se5. The molecule has 0 saturated carbocycles. The van der Waals surface area contributed by atoms with Gasteiger partial charge in [-0.2, -0.15) is 24.5 Å². The number of hydrogen-bond acceptors (Lipinski definition) is 14. The van der Waals surface area contributed by atoms with Crippen LogP contribution in [-0.4, -0.2) is 113 Å². The number of nitrogens with zero attached hydrogens (tertiary/aromatic N) is 7. The van der Waals surface area contributed by atoms with Gasteiger partial charge in [0.05, 0.1) is 31.9 Å². The minimum atomic E-state index is 0.308. The van der Waals surface area contributed by atoms with Crippen LogP contribution in [0.2, 0.25) is 0 Å². The number of hydrogen-bond donors (Lipinski definition) is 2. The Kier molecular flexibility index (Phi) is 14.6. The van der Waals surface area contributed by atoms with E-state index in [9.17, 15) is 0 Å². The maximum absolute atomic E-state index is 4.91. The Balaban J connectivity index is 0.0000000919. The van der Waals surface area contributed by atoms with Crippen LogP contribution in [-0.2, 0) is 0 Å². The van der Waals surface area contributed by atoms with Crippen LogP contribution in [0.25, 0.3) is 69.3 Å². The third-order valence-electron chi connectivity index (χ3n) is 7.15. The van der Waals surface area contributed by atoms with Crippen molar-refractivity contribution in [2.24, 2.45) is 0 Å². The van der Waals surface area contributed by atoms with Crippen molar-refractivity contribution in [3.8, 4) is 0 Å². The summed E-state index contributed by atoms with van der Waals surface area (Å²) in [5.74, 6) is 0. The fourth-order valence-electron chi connectivity index (χ4n) is 4.38. The van der Waals surface area contributed by atoms with Crippen LogP contribution in [0.1, 0.15) is 0 Å². The van der Waals surface area contributed by atoms with Gasteiger partial charge in [0, 0.05) is 40.1 Å². The first kappa shape index (κ1) is 39.8. The van der Waals surface area contributed by atoms with E-state index in [1.54, 1.807) is 65.7 Å². The second kappa shape index (κ2) is 20.6.